The van der Waals surface area contributed by atoms with Gasteiger partial charge in [-0.15, -0.1) is 0 Å². The van der Waals surface area contributed by atoms with Gasteiger partial charge in [0.2, 0.25) is 0 Å². The molecule has 12 heavy (non-hydrogen) atoms. The Morgan fingerprint density at radius 3 is 2.67 bits per heavy atom. The molecular weight excluding hydrogens is 156 g/mol. The van der Waals surface area contributed by atoms with E-state index in [0.29, 0.717) is 5.92 Å². The van der Waals surface area contributed by atoms with Gasteiger partial charge in [-0.1, -0.05) is 6.92 Å². The molecule has 1 rings (SSSR count). The second kappa shape index (κ2) is 3.76. The standard InChI is InChI=1S/C8H16N2O2/c1-5-4-6(9)2-3-7(5)12-8(10)11/h5-7H,2-4,9H2,1H3,(H2,10,11)/t5-,6-,7-/m1/s1. The monoisotopic (exact) mass is 172 g/mol. The lowest BCUT2D eigenvalue weighted by Crippen LogP contribution is -2.38. The van der Waals surface area contributed by atoms with Crippen molar-refractivity contribution in [1.82, 2.24) is 0 Å². The molecule has 4 heteroatoms. The van der Waals surface area contributed by atoms with Crippen LogP contribution in [0, 0.1) is 5.92 Å². The summed E-state index contributed by atoms with van der Waals surface area (Å²) in [5.74, 6) is 0.334. The summed E-state index contributed by atoms with van der Waals surface area (Å²) in [7, 11) is 0. The predicted molar refractivity (Wildman–Crippen MR) is 45.4 cm³/mol. The first kappa shape index (κ1) is 9.32. The Morgan fingerprint density at radius 1 is 1.50 bits per heavy atom. The van der Waals surface area contributed by atoms with Gasteiger partial charge in [0.05, 0.1) is 0 Å². The van der Waals surface area contributed by atoms with E-state index in [1.807, 2.05) is 6.92 Å². The summed E-state index contributed by atoms with van der Waals surface area (Å²) in [5.41, 5.74) is 10.7. The fourth-order valence-electron chi connectivity index (χ4n) is 1.73. The van der Waals surface area contributed by atoms with Crippen LogP contribution in [0.2, 0.25) is 0 Å². The first-order chi connectivity index (χ1) is 5.59. The van der Waals surface area contributed by atoms with Gasteiger partial charge in [0.1, 0.15) is 6.10 Å². The maximum atomic E-state index is 10.5. The zero-order valence-corrected chi connectivity index (χ0v) is 7.32. The van der Waals surface area contributed by atoms with Crippen LogP contribution in [0.5, 0.6) is 0 Å². The third-order valence-electron chi connectivity index (χ3n) is 2.40. The molecule has 1 aliphatic rings. The van der Waals surface area contributed by atoms with Gasteiger partial charge in [-0.2, -0.15) is 0 Å². The van der Waals surface area contributed by atoms with Crippen LogP contribution < -0.4 is 11.5 Å². The minimum atomic E-state index is -0.678. The van der Waals surface area contributed by atoms with Crippen molar-refractivity contribution >= 4 is 6.09 Å². The molecular formula is C8H16N2O2. The Labute approximate surface area is 72.2 Å². The molecule has 0 unspecified atom stereocenters. The van der Waals surface area contributed by atoms with Crippen molar-refractivity contribution < 1.29 is 9.53 Å². The summed E-state index contributed by atoms with van der Waals surface area (Å²) in [6, 6.07) is 0.257. The molecule has 0 aliphatic heterocycles. The second-order valence-electron chi connectivity index (χ2n) is 3.53. The third-order valence-corrected chi connectivity index (χ3v) is 2.40. The van der Waals surface area contributed by atoms with E-state index in [4.69, 9.17) is 16.2 Å². The average Bonchev–Trinajstić information content (AvgIpc) is 1.94. The number of rotatable bonds is 1. The van der Waals surface area contributed by atoms with Gasteiger partial charge in [-0.25, -0.2) is 4.79 Å². The van der Waals surface area contributed by atoms with Gasteiger partial charge in [0.15, 0.2) is 0 Å². The molecule has 0 radical (unpaired) electrons. The number of amides is 1. The van der Waals surface area contributed by atoms with E-state index in [-0.39, 0.29) is 12.1 Å². The van der Waals surface area contributed by atoms with Crippen molar-refractivity contribution in [2.75, 3.05) is 0 Å². The highest BCUT2D eigenvalue weighted by Gasteiger charge is 2.27. The number of primary amides is 1. The van der Waals surface area contributed by atoms with Crippen LogP contribution >= 0.6 is 0 Å². The van der Waals surface area contributed by atoms with Crippen LogP contribution in [0.4, 0.5) is 4.79 Å². The molecule has 0 spiro atoms. The van der Waals surface area contributed by atoms with E-state index in [1.54, 1.807) is 0 Å². The molecule has 1 amide bonds. The van der Waals surface area contributed by atoms with Crippen LogP contribution in [0.1, 0.15) is 26.2 Å². The summed E-state index contributed by atoms with van der Waals surface area (Å²) in [4.78, 5) is 10.5. The van der Waals surface area contributed by atoms with Gasteiger partial charge in [0, 0.05) is 6.04 Å². The molecule has 70 valence electrons. The first-order valence-corrected chi connectivity index (χ1v) is 4.31. The second-order valence-corrected chi connectivity index (χ2v) is 3.53. The molecule has 1 saturated carbocycles. The number of carbonyl (C=O) groups excluding carboxylic acids is 1. The highest BCUT2D eigenvalue weighted by Crippen LogP contribution is 2.25. The van der Waals surface area contributed by atoms with Crippen LogP contribution in [-0.4, -0.2) is 18.2 Å². The van der Waals surface area contributed by atoms with E-state index >= 15 is 0 Å². The number of hydrogen-bond acceptors (Lipinski definition) is 3. The summed E-state index contributed by atoms with van der Waals surface area (Å²) in [6.45, 7) is 2.03. The van der Waals surface area contributed by atoms with E-state index in [2.05, 4.69) is 0 Å². The van der Waals surface area contributed by atoms with Crippen LogP contribution in [0.15, 0.2) is 0 Å². The first-order valence-electron chi connectivity index (χ1n) is 4.31. The Balaban J connectivity index is 2.39. The van der Waals surface area contributed by atoms with E-state index in [9.17, 15) is 4.79 Å². The topological polar surface area (TPSA) is 78.3 Å². The average molecular weight is 172 g/mol. The molecule has 0 saturated heterocycles. The predicted octanol–water partition coefficient (Wildman–Crippen LogP) is 0.598. The van der Waals surface area contributed by atoms with Gasteiger partial charge in [-0.3, -0.25) is 0 Å². The molecule has 1 fully saturated rings. The molecule has 1 aliphatic carbocycles. The Hall–Kier alpha value is -0.770. The molecule has 0 aromatic carbocycles. The highest BCUT2D eigenvalue weighted by molar-refractivity contribution is 5.64. The smallest absolute Gasteiger partial charge is 0.404 e. The summed E-state index contributed by atoms with van der Waals surface area (Å²) in [5, 5.41) is 0. The fraction of sp³-hybridized carbons (Fsp3) is 0.875. The molecule has 4 nitrogen and oxygen atoms in total. The molecule has 4 N–H and O–H groups in total. The maximum Gasteiger partial charge on any atom is 0.404 e. The van der Waals surface area contributed by atoms with Crippen molar-refractivity contribution in [2.24, 2.45) is 17.4 Å². The van der Waals surface area contributed by atoms with Crippen molar-refractivity contribution in [1.29, 1.82) is 0 Å². The zero-order chi connectivity index (χ0) is 9.14. The minimum Gasteiger partial charge on any atom is -0.446 e. The van der Waals surface area contributed by atoms with Gasteiger partial charge < -0.3 is 16.2 Å². The van der Waals surface area contributed by atoms with Crippen molar-refractivity contribution in [3.05, 3.63) is 0 Å². The Kier molecular flexibility index (Phi) is 2.92. The lowest BCUT2D eigenvalue weighted by molar-refractivity contribution is 0.0447. The summed E-state index contributed by atoms with van der Waals surface area (Å²) in [6.07, 6.45) is 1.97. The fourth-order valence-corrected chi connectivity index (χ4v) is 1.73. The lowest BCUT2D eigenvalue weighted by atomic mass is 9.85. The van der Waals surface area contributed by atoms with Crippen LogP contribution in [-0.2, 0) is 4.74 Å². The summed E-state index contributed by atoms with van der Waals surface area (Å²) < 4.78 is 4.94. The minimum absolute atomic E-state index is 0.0256. The van der Waals surface area contributed by atoms with E-state index in [0.717, 1.165) is 19.3 Å². The molecule has 0 bridgehead atoms. The van der Waals surface area contributed by atoms with Gasteiger partial charge in [-0.05, 0) is 25.2 Å². The molecule has 3 atom stereocenters. The van der Waals surface area contributed by atoms with Gasteiger partial charge in [0.25, 0.3) is 0 Å². The van der Waals surface area contributed by atoms with Crippen molar-refractivity contribution in [3.8, 4) is 0 Å². The third kappa shape index (κ3) is 2.37. The molecule has 0 heterocycles. The number of ether oxygens (including phenoxy) is 1. The largest absolute Gasteiger partial charge is 0.446 e. The van der Waals surface area contributed by atoms with Crippen LogP contribution in [0.25, 0.3) is 0 Å². The number of carbonyl (C=O) groups is 1. The SMILES string of the molecule is C[C@@H]1C[C@H](N)CC[C@H]1OC(N)=O. The van der Waals surface area contributed by atoms with Crippen molar-refractivity contribution in [3.63, 3.8) is 0 Å². The quantitative estimate of drug-likeness (QED) is 0.607. The molecule has 0 aromatic rings. The number of nitrogens with two attached hydrogens (primary N) is 2. The Morgan fingerprint density at radius 2 is 2.17 bits per heavy atom. The number of hydrogen-bond donors (Lipinski definition) is 2. The van der Waals surface area contributed by atoms with Gasteiger partial charge >= 0.3 is 6.09 Å². The van der Waals surface area contributed by atoms with E-state index in [1.165, 1.54) is 0 Å². The van der Waals surface area contributed by atoms with E-state index < -0.39 is 6.09 Å². The van der Waals surface area contributed by atoms with Crippen LogP contribution in [0.3, 0.4) is 0 Å². The van der Waals surface area contributed by atoms with Crippen molar-refractivity contribution in [2.45, 2.75) is 38.3 Å². The molecule has 0 aromatic heterocycles. The highest BCUT2D eigenvalue weighted by atomic mass is 16.6. The normalized spacial score (nSPS) is 36.0. The zero-order valence-electron chi connectivity index (χ0n) is 7.32. The Bertz CT molecular complexity index is 172. The summed E-state index contributed by atoms with van der Waals surface area (Å²) >= 11 is 0. The maximum absolute atomic E-state index is 10.5. The lowest BCUT2D eigenvalue weighted by Gasteiger charge is -2.31.